The summed E-state index contributed by atoms with van der Waals surface area (Å²) < 4.78 is 36.5. The molecule has 2 amide bonds. The lowest BCUT2D eigenvalue weighted by molar-refractivity contribution is 0.00270. The lowest BCUT2D eigenvalue weighted by Gasteiger charge is -2.43. The minimum atomic E-state index is -3.32. The number of nitrogens with zero attached hydrogens (tertiary/aromatic N) is 4. The Morgan fingerprint density at radius 2 is 1.88 bits per heavy atom. The Balaban J connectivity index is 2.02. The van der Waals surface area contributed by atoms with Crippen LogP contribution in [-0.2, 0) is 26.5 Å². The first-order chi connectivity index (χ1) is 19.9. The van der Waals surface area contributed by atoms with Crippen LogP contribution in [0, 0.1) is 11.8 Å². The summed E-state index contributed by atoms with van der Waals surface area (Å²) in [6, 6.07) is 3.19. The number of hydrogen-bond donors (Lipinski definition) is 1. The lowest BCUT2D eigenvalue weighted by atomic mass is 9.93. The largest absolute Gasteiger partial charge is 0.467 e. The molecule has 1 aliphatic heterocycles. The number of carbonyl (C=O) groups excluding carboxylic acids is 2. The number of anilines is 1. The van der Waals surface area contributed by atoms with Crippen molar-refractivity contribution >= 4 is 27.7 Å². The maximum atomic E-state index is 14.4. The van der Waals surface area contributed by atoms with Gasteiger partial charge in [-0.3, -0.25) is 4.79 Å². The van der Waals surface area contributed by atoms with Crippen LogP contribution < -0.4 is 5.32 Å². The first-order valence-electron chi connectivity index (χ1n) is 15.0. The molecule has 1 saturated heterocycles. The maximum absolute atomic E-state index is 14.4. The molecule has 0 bridgehead atoms. The summed E-state index contributed by atoms with van der Waals surface area (Å²) in [4.78, 5) is 40.2. The molecular formula is C31H49N5O6S. The second kappa shape index (κ2) is 13.7. The number of furan rings is 1. The zero-order valence-electron chi connectivity index (χ0n) is 27.1. The van der Waals surface area contributed by atoms with Crippen molar-refractivity contribution in [3.8, 4) is 0 Å². The minimum absolute atomic E-state index is 0.0113. The highest BCUT2D eigenvalue weighted by atomic mass is 32.2. The molecular weight excluding hydrogens is 570 g/mol. The second-order valence-corrected chi connectivity index (χ2v) is 16.2. The molecule has 1 aliphatic rings. The first kappa shape index (κ1) is 34.3. The molecule has 12 heteroatoms. The molecule has 0 aliphatic carbocycles. The summed E-state index contributed by atoms with van der Waals surface area (Å²) in [5, 5.41) is 3.26. The van der Waals surface area contributed by atoms with Crippen LogP contribution in [0.5, 0.6) is 0 Å². The molecule has 1 fully saturated rings. The highest BCUT2D eigenvalue weighted by molar-refractivity contribution is 7.91. The van der Waals surface area contributed by atoms with Gasteiger partial charge < -0.3 is 24.3 Å². The van der Waals surface area contributed by atoms with Gasteiger partial charge in [-0.25, -0.2) is 23.2 Å². The van der Waals surface area contributed by atoms with Gasteiger partial charge in [-0.2, -0.15) is 0 Å². The van der Waals surface area contributed by atoms with Crippen LogP contribution in [0.3, 0.4) is 0 Å². The topological polar surface area (TPSA) is 135 Å². The Morgan fingerprint density at radius 3 is 2.44 bits per heavy atom. The van der Waals surface area contributed by atoms with Crippen molar-refractivity contribution in [2.24, 2.45) is 11.8 Å². The highest BCUT2D eigenvalue weighted by Crippen LogP contribution is 2.29. The Morgan fingerprint density at radius 1 is 1.19 bits per heavy atom. The van der Waals surface area contributed by atoms with Gasteiger partial charge in [-0.15, -0.1) is 0 Å². The number of piperidine rings is 1. The van der Waals surface area contributed by atoms with E-state index in [0.29, 0.717) is 42.5 Å². The molecule has 0 saturated carbocycles. The van der Waals surface area contributed by atoms with Gasteiger partial charge in [-0.1, -0.05) is 41.5 Å². The third-order valence-electron chi connectivity index (χ3n) is 7.06. The van der Waals surface area contributed by atoms with E-state index in [0.717, 1.165) is 0 Å². The Labute approximate surface area is 256 Å². The SMILES string of the molecule is CCS(=O)(=O)C[C@@H]1CC(N(CC(C)C)C(=O)c2cnc(C(C)(C)C)nc2NCc2ccco2)CN(C(=O)OC(C)(C)C)C1. The monoisotopic (exact) mass is 619 g/mol. The summed E-state index contributed by atoms with van der Waals surface area (Å²) in [7, 11) is -3.32. The van der Waals surface area contributed by atoms with Gasteiger partial charge in [0.2, 0.25) is 0 Å². The number of aromatic nitrogens is 2. The molecule has 11 nitrogen and oxygen atoms in total. The van der Waals surface area contributed by atoms with Crippen molar-refractivity contribution in [1.82, 2.24) is 19.8 Å². The number of sulfone groups is 1. The van der Waals surface area contributed by atoms with Crippen molar-refractivity contribution < 1.29 is 27.2 Å². The minimum Gasteiger partial charge on any atom is -0.467 e. The standard InChI is InChI=1S/C31H49N5O6S/c1-10-43(39,40)20-22-14-23(19-35(18-22)29(38)42-31(7,8)9)36(17-21(2)3)27(37)25-16-33-28(30(4,5)6)34-26(25)32-15-24-12-11-13-41-24/h11-13,16,21-23H,10,14-15,17-20H2,1-9H3,(H,32,33,34)/t22-,23?/m1/s1. The second-order valence-electron chi connectivity index (χ2n) is 13.8. The molecule has 3 heterocycles. The number of rotatable bonds is 10. The fraction of sp³-hybridized carbons (Fsp3) is 0.677. The van der Waals surface area contributed by atoms with Crippen LogP contribution in [0.1, 0.15) is 90.7 Å². The van der Waals surface area contributed by atoms with Crippen molar-refractivity contribution in [1.29, 1.82) is 0 Å². The number of likely N-dealkylation sites (tertiary alicyclic amines) is 1. The van der Waals surface area contributed by atoms with Gasteiger partial charge >= 0.3 is 6.09 Å². The van der Waals surface area contributed by atoms with Crippen molar-refractivity contribution in [3.63, 3.8) is 0 Å². The molecule has 2 aromatic rings. The van der Waals surface area contributed by atoms with E-state index in [1.165, 1.54) is 0 Å². The number of ether oxygens (including phenoxy) is 1. The Kier molecular flexibility index (Phi) is 10.9. The zero-order chi connectivity index (χ0) is 32.2. The van der Waals surface area contributed by atoms with Crippen LogP contribution in [0.15, 0.2) is 29.0 Å². The number of amides is 2. The predicted octanol–water partition coefficient (Wildman–Crippen LogP) is 5.14. The van der Waals surface area contributed by atoms with Crippen LogP contribution in [0.2, 0.25) is 0 Å². The van der Waals surface area contributed by atoms with Crippen molar-refractivity contribution in [2.75, 3.05) is 36.5 Å². The van der Waals surface area contributed by atoms with Gasteiger partial charge in [0.15, 0.2) is 0 Å². The summed E-state index contributed by atoms with van der Waals surface area (Å²) in [6.45, 7) is 18.2. The fourth-order valence-electron chi connectivity index (χ4n) is 5.04. The summed E-state index contributed by atoms with van der Waals surface area (Å²) >= 11 is 0. The number of hydrogen-bond acceptors (Lipinski definition) is 9. The van der Waals surface area contributed by atoms with E-state index in [9.17, 15) is 18.0 Å². The van der Waals surface area contributed by atoms with Crippen LogP contribution in [0.4, 0.5) is 10.6 Å². The summed E-state index contributed by atoms with van der Waals surface area (Å²) in [6.07, 6.45) is 3.06. The summed E-state index contributed by atoms with van der Waals surface area (Å²) in [5.41, 5.74) is -0.772. The fourth-order valence-corrected chi connectivity index (χ4v) is 6.23. The van der Waals surface area contributed by atoms with E-state index >= 15 is 0 Å². The average molecular weight is 620 g/mol. The molecule has 2 atom stereocenters. The molecule has 2 aromatic heterocycles. The van der Waals surface area contributed by atoms with Gasteiger partial charge in [0.25, 0.3) is 5.91 Å². The lowest BCUT2D eigenvalue weighted by Crippen LogP contribution is -2.56. The molecule has 43 heavy (non-hydrogen) atoms. The third kappa shape index (κ3) is 9.94. The normalized spacial score (nSPS) is 18.0. The molecule has 0 radical (unpaired) electrons. The van der Waals surface area contributed by atoms with Gasteiger partial charge in [0.1, 0.15) is 38.4 Å². The van der Waals surface area contributed by atoms with Crippen molar-refractivity contribution in [3.05, 3.63) is 41.7 Å². The number of carbonyl (C=O) groups is 2. The van der Waals surface area contributed by atoms with E-state index in [1.54, 1.807) is 56.0 Å². The first-order valence-corrected chi connectivity index (χ1v) is 16.8. The van der Waals surface area contributed by atoms with Crippen LogP contribution >= 0.6 is 0 Å². The molecule has 0 spiro atoms. The van der Waals surface area contributed by atoms with E-state index in [1.807, 2.05) is 40.7 Å². The number of nitrogens with one attached hydrogen (secondary N) is 1. The van der Waals surface area contributed by atoms with Crippen LogP contribution in [-0.4, -0.2) is 83.0 Å². The van der Waals surface area contributed by atoms with Gasteiger partial charge in [-0.05, 0) is 51.2 Å². The maximum Gasteiger partial charge on any atom is 0.410 e. The summed E-state index contributed by atoms with van der Waals surface area (Å²) in [5.74, 6) is 1.07. The predicted molar refractivity (Wildman–Crippen MR) is 167 cm³/mol. The van der Waals surface area contributed by atoms with Crippen LogP contribution in [0.25, 0.3) is 0 Å². The molecule has 3 rings (SSSR count). The average Bonchev–Trinajstić information content (AvgIpc) is 3.42. The van der Waals surface area contributed by atoms with E-state index in [-0.39, 0.29) is 47.8 Å². The third-order valence-corrected chi connectivity index (χ3v) is 8.92. The quantitative estimate of drug-likeness (QED) is 0.384. The van der Waals surface area contributed by atoms with Gasteiger partial charge in [0, 0.05) is 37.0 Å². The molecule has 1 N–H and O–H groups in total. The van der Waals surface area contributed by atoms with E-state index < -0.39 is 27.6 Å². The van der Waals surface area contributed by atoms with Gasteiger partial charge in [0.05, 0.1) is 24.6 Å². The molecule has 240 valence electrons. The molecule has 0 aromatic carbocycles. The molecule has 1 unspecified atom stereocenters. The smallest absolute Gasteiger partial charge is 0.410 e. The van der Waals surface area contributed by atoms with E-state index in [2.05, 4.69) is 10.3 Å². The Hall–Kier alpha value is -3.15. The van der Waals surface area contributed by atoms with Crippen molar-refractivity contribution in [2.45, 2.75) is 92.3 Å². The highest BCUT2D eigenvalue weighted by Gasteiger charge is 2.39. The van der Waals surface area contributed by atoms with E-state index in [4.69, 9.17) is 14.1 Å². The zero-order valence-corrected chi connectivity index (χ0v) is 28.0. The Bertz CT molecular complexity index is 1350.